The van der Waals surface area contributed by atoms with Crippen LogP contribution in [0.2, 0.25) is 0 Å². The summed E-state index contributed by atoms with van der Waals surface area (Å²) in [6.45, 7) is 3.62. The predicted molar refractivity (Wildman–Crippen MR) is 109 cm³/mol. The van der Waals surface area contributed by atoms with Gasteiger partial charge >= 0.3 is 5.95 Å². The van der Waals surface area contributed by atoms with Crippen LogP contribution in [-0.4, -0.2) is 16.6 Å². The van der Waals surface area contributed by atoms with Gasteiger partial charge in [0.15, 0.2) is 0 Å². The molecule has 27 heavy (non-hydrogen) atoms. The minimum atomic E-state index is -1.01. The van der Waals surface area contributed by atoms with E-state index < -0.39 is 5.72 Å². The van der Waals surface area contributed by atoms with Crippen LogP contribution < -0.4 is 9.47 Å². The van der Waals surface area contributed by atoms with E-state index in [9.17, 15) is 5.11 Å². The van der Waals surface area contributed by atoms with Gasteiger partial charge in [-0.15, -0.1) is 0 Å². The third kappa shape index (κ3) is 4.86. The zero-order valence-corrected chi connectivity index (χ0v) is 16.7. The first-order valence-electron chi connectivity index (χ1n) is 10.7. The van der Waals surface area contributed by atoms with Gasteiger partial charge in [-0.1, -0.05) is 93.6 Å². The molecule has 1 aromatic heterocycles. The maximum atomic E-state index is 11.5. The maximum absolute atomic E-state index is 11.5. The van der Waals surface area contributed by atoms with Crippen molar-refractivity contribution < 1.29 is 9.67 Å². The number of unbranched alkanes of at least 4 members (excludes halogenated alkanes) is 8. The molecule has 0 fully saturated rings. The molecule has 2 heterocycles. The molecule has 0 saturated carbocycles. The van der Waals surface area contributed by atoms with Gasteiger partial charge in [-0.25, -0.2) is 9.47 Å². The van der Waals surface area contributed by atoms with Crippen molar-refractivity contribution in [1.29, 1.82) is 0 Å². The van der Waals surface area contributed by atoms with E-state index in [4.69, 9.17) is 0 Å². The van der Waals surface area contributed by atoms with Crippen molar-refractivity contribution in [3.8, 4) is 0 Å². The summed E-state index contributed by atoms with van der Waals surface area (Å²) in [4.78, 5) is 6.63. The fraction of sp³-hybridized carbons (Fsp3) is 0.565. The summed E-state index contributed by atoms with van der Waals surface area (Å²) < 4.78 is 2.06. The zero-order valence-electron chi connectivity index (χ0n) is 16.7. The van der Waals surface area contributed by atoms with Crippen molar-refractivity contribution in [3.63, 3.8) is 0 Å². The van der Waals surface area contributed by atoms with E-state index in [2.05, 4.69) is 21.4 Å². The van der Waals surface area contributed by atoms with Crippen LogP contribution in [-0.2, 0) is 12.3 Å². The van der Waals surface area contributed by atoms with E-state index in [-0.39, 0.29) is 0 Å². The van der Waals surface area contributed by atoms with Crippen LogP contribution in [0, 0.1) is 0 Å². The lowest BCUT2D eigenvalue weighted by atomic mass is 10.0. The number of hydrogen-bond acceptors (Lipinski definition) is 3. The average molecular weight is 369 g/mol. The van der Waals surface area contributed by atoms with Gasteiger partial charge in [-0.05, 0) is 6.42 Å². The number of rotatable bonds is 11. The molecular weight excluding hydrogens is 334 g/mol. The van der Waals surface area contributed by atoms with Gasteiger partial charge in [0.1, 0.15) is 12.7 Å². The molecular formula is C23H34N3O+. The van der Waals surface area contributed by atoms with Crippen molar-refractivity contribution in [3.05, 3.63) is 54.4 Å². The molecule has 4 nitrogen and oxygen atoms in total. The second kappa shape index (κ2) is 9.84. The van der Waals surface area contributed by atoms with Crippen molar-refractivity contribution in [2.24, 2.45) is 0 Å². The fourth-order valence-electron chi connectivity index (χ4n) is 4.05. The van der Waals surface area contributed by atoms with E-state index in [1.165, 1.54) is 51.4 Å². The SMILES string of the molecule is CCCCCCCCCCCN1c2nccc[n+]2CC1(O)c1ccccc1. The van der Waals surface area contributed by atoms with Crippen LogP contribution >= 0.6 is 0 Å². The Bertz CT molecular complexity index is 691. The third-order valence-corrected chi connectivity index (χ3v) is 5.60. The first-order valence-corrected chi connectivity index (χ1v) is 10.7. The molecule has 1 N–H and O–H groups in total. The molecule has 0 saturated heterocycles. The molecule has 1 atom stereocenters. The minimum absolute atomic E-state index is 0.525. The standard InChI is InChI=1S/C23H34N3O/c1-2-3-4-5-6-7-8-9-13-19-26-22-24-17-14-18-25(22)20-23(26,27)21-15-11-10-12-16-21/h10-12,14-18,27H,2-9,13,19-20H2,1H3/q+1. The molecule has 0 radical (unpaired) electrons. The quantitative estimate of drug-likeness (QED) is 0.467. The van der Waals surface area contributed by atoms with Gasteiger partial charge < -0.3 is 5.11 Å². The topological polar surface area (TPSA) is 40.2 Å². The van der Waals surface area contributed by atoms with Gasteiger partial charge in [0, 0.05) is 11.6 Å². The summed E-state index contributed by atoms with van der Waals surface area (Å²) in [5.41, 5.74) is -0.0746. The number of anilines is 1. The van der Waals surface area contributed by atoms with Gasteiger partial charge in [0.2, 0.25) is 5.72 Å². The highest BCUT2D eigenvalue weighted by Gasteiger charge is 2.50. The van der Waals surface area contributed by atoms with Crippen LogP contribution in [0.25, 0.3) is 0 Å². The molecule has 1 unspecified atom stereocenters. The van der Waals surface area contributed by atoms with Crippen LogP contribution in [0.4, 0.5) is 5.95 Å². The van der Waals surface area contributed by atoms with Crippen molar-refractivity contribution in [1.82, 2.24) is 4.98 Å². The Morgan fingerprint density at radius 3 is 2.33 bits per heavy atom. The molecule has 4 heteroatoms. The van der Waals surface area contributed by atoms with E-state index >= 15 is 0 Å². The molecule has 1 aromatic carbocycles. The maximum Gasteiger partial charge on any atom is 0.396 e. The molecule has 0 bridgehead atoms. The summed E-state index contributed by atoms with van der Waals surface area (Å²) in [6.07, 6.45) is 15.5. The summed E-state index contributed by atoms with van der Waals surface area (Å²) in [5.74, 6) is 0.864. The Morgan fingerprint density at radius 2 is 1.63 bits per heavy atom. The van der Waals surface area contributed by atoms with Gasteiger partial charge in [-0.2, -0.15) is 0 Å². The normalized spacial score (nSPS) is 18.7. The van der Waals surface area contributed by atoms with E-state index in [1.807, 2.05) is 48.8 Å². The first-order chi connectivity index (χ1) is 13.3. The lowest BCUT2D eigenvalue weighted by Crippen LogP contribution is -2.46. The Hall–Kier alpha value is -1.94. The van der Waals surface area contributed by atoms with Crippen LogP contribution in [0.5, 0.6) is 0 Å². The highest BCUT2D eigenvalue weighted by molar-refractivity contribution is 5.37. The Kier molecular flexibility index (Phi) is 7.22. The lowest BCUT2D eigenvalue weighted by molar-refractivity contribution is -0.685. The van der Waals surface area contributed by atoms with Crippen molar-refractivity contribution in [2.45, 2.75) is 77.0 Å². The molecule has 146 valence electrons. The summed E-state index contributed by atoms with van der Waals surface area (Å²) >= 11 is 0. The van der Waals surface area contributed by atoms with E-state index in [1.54, 1.807) is 0 Å². The number of benzene rings is 1. The minimum Gasteiger partial charge on any atom is -0.353 e. The zero-order chi connectivity index (χ0) is 19.0. The van der Waals surface area contributed by atoms with Gasteiger partial charge in [0.05, 0.1) is 12.7 Å². The first kappa shape index (κ1) is 19.8. The second-order valence-corrected chi connectivity index (χ2v) is 7.71. The Balaban J connectivity index is 1.55. The molecule has 2 aromatic rings. The average Bonchev–Trinajstić information content (AvgIpc) is 3.00. The van der Waals surface area contributed by atoms with Crippen molar-refractivity contribution >= 4 is 5.95 Å². The van der Waals surface area contributed by atoms with Gasteiger partial charge in [0.25, 0.3) is 0 Å². The Morgan fingerprint density at radius 1 is 0.963 bits per heavy atom. The molecule has 0 aliphatic carbocycles. The van der Waals surface area contributed by atoms with Crippen LogP contribution in [0.15, 0.2) is 48.8 Å². The van der Waals surface area contributed by atoms with Crippen molar-refractivity contribution in [2.75, 3.05) is 11.4 Å². The van der Waals surface area contributed by atoms with Crippen LogP contribution in [0.3, 0.4) is 0 Å². The summed E-state index contributed by atoms with van der Waals surface area (Å²) in [6, 6.07) is 11.9. The monoisotopic (exact) mass is 368 g/mol. The summed E-state index contributed by atoms with van der Waals surface area (Å²) in [5, 5.41) is 11.5. The smallest absolute Gasteiger partial charge is 0.353 e. The lowest BCUT2D eigenvalue weighted by Gasteiger charge is -2.28. The number of nitrogens with zero attached hydrogens (tertiary/aromatic N) is 3. The third-order valence-electron chi connectivity index (χ3n) is 5.60. The predicted octanol–water partition coefficient (Wildman–Crippen LogP) is 4.57. The molecule has 3 rings (SSSR count). The van der Waals surface area contributed by atoms with Crippen LogP contribution in [0.1, 0.15) is 70.3 Å². The molecule has 0 spiro atoms. The number of fused-ring (bicyclic) bond motifs is 1. The van der Waals surface area contributed by atoms with E-state index in [0.29, 0.717) is 6.54 Å². The number of aromatic nitrogens is 2. The van der Waals surface area contributed by atoms with E-state index in [0.717, 1.165) is 24.5 Å². The van der Waals surface area contributed by atoms with Gasteiger partial charge in [-0.3, -0.25) is 0 Å². The highest BCUT2D eigenvalue weighted by atomic mass is 16.3. The Labute approximate surface area is 163 Å². The number of aliphatic hydroxyl groups is 1. The molecule has 0 amide bonds. The summed E-state index contributed by atoms with van der Waals surface area (Å²) in [7, 11) is 0. The molecule has 1 aliphatic heterocycles. The number of hydrogen-bond donors (Lipinski definition) is 1. The largest absolute Gasteiger partial charge is 0.396 e. The second-order valence-electron chi connectivity index (χ2n) is 7.71. The fourth-order valence-corrected chi connectivity index (χ4v) is 4.05. The highest BCUT2D eigenvalue weighted by Crippen LogP contribution is 2.33. The molecule has 1 aliphatic rings.